The van der Waals surface area contributed by atoms with Crippen molar-refractivity contribution in [3.05, 3.63) is 64.1 Å². The van der Waals surface area contributed by atoms with Crippen LogP contribution in [0.3, 0.4) is 0 Å². The molecule has 4 heteroatoms. The largest absolute Gasteiger partial charge is 0.488 e. The molecule has 0 spiro atoms. The first-order valence-corrected chi connectivity index (χ1v) is 11.6. The number of aryl methyl sites for hydroxylation is 2. The van der Waals surface area contributed by atoms with Crippen molar-refractivity contribution >= 4 is 28.5 Å². The van der Waals surface area contributed by atoms with Crippen LogP contribution >= 0.6 is 15.9 Å². The molecule has 0 saturated carbocycles. The lowest BCUT2D eigenvalue weighted by Gasteiger charge is -2.03. The molecular formula is C24H36BBrO2. The molecule has 0 fully saturated rings. The van der Waals surface area contributed by atoms with Crippen LogP contribution in [-0.4, -0.2) is 17.2 Å². The molecule has 2 rings (SSSR count). The molecule has 0 heterocycles. The van der Waals surface area contributed by atoms with E-state index in [-0.39, 0.29) is 0 Å². The molecule has 0 aromatic heterocycles. The summed E-state index contributed by atoms with van der Waals surface area (Å²) in [6.45, 7) is 4.46. The molecule has 0 aliphatic rings. The normalized spacial score (nSPS) is 10.3. The van der Waals surface area contributed by atoms with E-state index in [1.165, 1.54) is 73.4 Å². The molecule has 0 radical (unpaired) electrons. The topological polar surface area (TPSA) is 40.5 Å². The number of halogens is 1. The Hall–Kier alpha value is -1.10. The van der Waals surface area contributed by atoms with Gasteiger partial charge in [-0.25, -0.2) is 0 Å². The van der Waals surface area contributed by atoms with E-state index in [0.29, 0.717) is 5.46 Å². The lowest BCUT2D eigenvalue weighted by molar-refractivity contribution is 0.426. The molecule has 0 aliphatic heterocycles. The molecule has 0 aliphatic carbocycles. The third kappa shape index (κ3) is 11.7. The minimum absolute atomic E-state index is 0.562. The van der Waals surface area contributed by atoms with E-state index in [9.17, 15) is 0 Å². The highest BCUT2D eigenvalue weighted by Gasteiger charge is 2.09. The van der Waals surface area contributed by atoms with Gasteiger partial charge in [0.2, 0.25) is 0 Å². The van der Waals surface area contributed by atoms with Gasteiger partial charge in [0.15, 0.2) is 0 Å². The summed E-state index contributed by atoms with van der Waals surface area (Å²) < 4.78 is 1.17. The van der Waals surface area contributed by atoms with Gasteiger partial charge in [-0.1, -0.05) is 105 Å². The van der Waals surface area contributed by atoms with Gasteiger partial charge in [0.25, 0.3) is 0 Å². The van der Waals surface area contributed by atoms with Gasteiger partial charge in [-0.05, 0) is 54.4 Å². The third-order valence-corrected chi connectivity index (χ3v) is 5.36. The first-order valence-electron chi connectivity index (χ1n) is 10.8. The van der Waals surface area contributed by atoms with Crippen LogP contribution in [0.1, 0.15) is 76.3 Å². The Balaban J connectivity index is 0.000000283. The van der Waals surface area contributed by atoms with Gasteiger partial charge in [-0.15, -0.1) is 0 Å². The molecule has 2 aromatic rings. The molecule has 2 N–H and O–H groups in total. The first kappa shape index (κ1) is 24.9. The van der Waals surface area contributed by atoms with E-state index in [0.717, 1.165) is 6.42 Å². The average Bonchev–Trinajstić information content (AvgIpc) is 2.71. The fraction of sp³-hybridized carbons (Fsp3) is 0.500. The molecule has 2 aromatic carbocycles. The van der Waals surface area contributed by atoms with Gasteiger partial charge in [0, 0.05) is 4.47 Å². The summed E-state index contributed by atoms with van der Waals surface area (Å²) in [5.41, 5.74) is 3.29. The zero-order valence-corrected chi connectivity index (χ0v) is 19.1. The minimum atomic E-state index is -1.35. The Bertz CT molecular complexity index is 612. The summed E-state index contributed by atoms with van der Waals surface area (Å²) in [4.78, 5) is 0. The molecule has 0 unspecified atom stereocenters. The molecule has 2 nitrogen and oxygen atoms in total. The zero-order valence-electron chi connectivity index (χ0n) is 17.5. The van der Waals surface area contributed by atoms with Crippen molar-refractivity contribution < 1.29 is 10.0 Å². The predicted molar refractivity (Wildman–Crippen MR) is 126 cm³/mol. The van der Waals surface area contributed by atoms with Crippen molar-refractivity contribution in [3.8, 4) is 0 Å². The smallest absolute Gasteiger partial charge is 0.423 e. The average molecular weight is 447 g/mol. The van der Waals surface area contributed by atoms with Crippen LogP contribution in [0.25, 0.3) is 0 Å². The van der Waals surface area contributed by atoms with Crippen molar-refractivity contribution in [2.45, 2.75) is 78.1 Å². The van der Waals surface area contributed by atoms with E-state index < -0.39 is 7.12 Å². The summed E-state index contributed by atoms with van der Waals surface area (Å²) in [5, 5.41) is 17.8. The summed E-state index contributed by atoms with van der Waals surface area (Å²) in [6, 6.07) is 16.2. The minimum Gasteiger partial charge on any atom is -0.423 e. The Labute approximate surface area is 180 Å². The van der Waals surface area contributed by atoms with Crippen LogP contribution in [0.2, 0.25) is 0 Å². The van der Waals surface area contributed by atoms with Crippen LogP contribution in [0.4, 0.5) is 0 Å². The van der Waals surface area contributed by atoms with Gasteiger partial charge < -0.3 is 10.0 Å². The van der Waals surface area contributed by atoms with Crippen molar-refractivity contribution in [1.29, 1.82) is 0 Å². The lowest BCUT2D eigenvalue weighted by atomic mass is 9.80. The van der Waals surface area contributed by atoms with Crippen LogP contribution in [0.5, 0.6) is 0 Å². The fourth-order valence-corrected chi connectivity index (χ4v) is 3.28. The van der Waals surface area contributed by atoms with Crippen LogP contribution in [-0.2, 0) is 12.8 Å². The SMILES string of the molecule is CCCCCCc1ccc(B(O)O)cc1.CCCCCCc1ccc(Br)cc1. The van der Waals surface area contributed by atoms with Gasteiger partial charge >= 0.3 is 7.12 Å². The molecule has 0 amide bonds. The van der Waals surface area contributed by atoms with Crippen molar-refractivity contribution in [3.63, 3.8) is 0 Å². The Morgan fingerprint density at radius 2 is 1.07 bits per heavy atom. The lowest BCUT2D eigenvalue weighted by Crippen LogP contribution is -2.29. The summed E-state index contributed by atoms with van der Waals surface area (Å²) in [6.07, 6.45) is 12.8. The quantitative estimate of drug-likeness (QED) is 0.325. The Morgan fingerprint density at radius 3 is 1.46 bits per heavy atom. The van der Waals surface area contributed by atoms with E-state index in [2.05, 4.69) is 54.0 Å². The van der Waals surface area contributed by atoms with E-state index >= 15 is 0 Å². The van der Waals surface area contributed by atoms with Gasteiger partial charge in [-0.2, -0.15) is 0 Å². The summed E-state index contributed by atoms with van der Waals surface area (Å²) in [7, 11) is -1.35. The second-order valence-electron chi connectivity index (χ2n) is 7.36. The van der Waals surface area contributed by atoms with E-state index in [1.807, 2.05) is 12.1 Å². The molecule has 28 heavy (non-hydrogen) atoms. The summed E-state index contributed by atoms with van der Waals surface area (Å²) >= 11 is 3.44. The van der Waals surface area contributed by atoms with Gasteiger partial charge in [0.1, 0.15) is 0 Å². The third-order valence-electron chi connectivity index (χ3n) is 4.83. The monoisotopic (exact) mass is 446 g/mol. The van der Waals surface area contributed by atoms with Crippen LogP contribution in [0.15, 0.2) is 53.0 Å². The van der Waals surface area contributed by atoms with E-state index in [1.54, 1.807) is 12.1 Å². The standard InChI is InChI=1S/C12H19BO2.C12H17Br/c1-2-3-4-5-6-11-7-9-12(10-8-11)13(14)15;1-2-3-4-5-6-11-7-9-12(13)10-8-11/h7-10,14-15H,2-6H2,1H3;7-10H,2-6H2,1H3. The molecule has 0 atom stereocenters. The molecule has 154 valence electrons. The number of hydrogen-bond donors (Lipinski definition) is 2. The number of unbranched alkanes of at least 4 members (excludes halogenated alkanes) is 6. The summed E-state index contributed by atoms with van der Waals surface area (Å²) in [5.74, 6) is 0. The number of hydrogen-bond acceptors (Lipinski definition) is 2. The van der Waals surface area contributed by atoms with Crippen molar-refractivity contribution in [2.75, 3.05) is 0 Å². The number of rotatable bonds is 11. The fourth-order valence-electron chi connectivity index (χ4n) is 3.02. The Kier molecular flexibility index (Phi) is 14.1. The van der Waals surface area contributed by atoms with E-state index in [4.69, 9.17) is 10.0 Å². The number of benzene rings is 2. The molecular weight excluding hydrogens is 411 g/mol. The maximum atomic E-state index is 8.92. The Morgan fingerprint density at radius 1 is 0.643 bits per heavy atom. The highest BCUT2D eigenvalue weighted by molar-refractivity contribution is 9.10. The zero-order chi connectivity index (χ0) is 20.6. The van der Waals surface area contributed by atoms with Crippen LogP contribution < -0.4 is 5.46 Å². The predicted octanol–water partition coefficient (Wildman–Crippen LogP) is 6.06. The highest BCUT2D eigenvalue weighted by atomic mass is 79.9. The second-order valence-corrected chi connectivity index (χ2v) is 8.28. The molecule has 0 bridgehead atoms. The van der Waals surface area contributed by atoms with Crippen molar-refractivity contribution in [2.24, 2.45) is 0 Å². The molecule has 0 saturated heterocycles. The van der Waals surface area contributed by atoms with Crippen LogP contribution in [0, 0.1) is 0 Å². The first-order chi connectivity index (χ1) is 13.6. The second kappa shape index (κ2) is 15.8. The maximum Gasteiger partial charge on any atom is 0.488 e. The van der Waals surface area contributed by atoms with Crippen molar-refractivity contribution in [1.82, 2.24) is 0 Å². The van der Waals surface area contributed by atoms with Gasteiger partial charge in [-0.3, -0.25) is 0 Å². The maximum absolute atomic E-state index is 8.92. The highest BCUT2D eigenvalue weighted by Crippen LogP contribution is 2.13. The van der Waals surface area contributed by atoms with Gasteiger partial charge in [0.05, 0.1) is 0 Å².